The van der Waals surface area contributed by atoms with Crippen LogP contribution in [0.3, 0.4) is 0 Å². The summed E-state index contributed by atoms with van der Waals surface area (Å²) in [5.41, 5.74) is 1.82. The fourth-order valence-corrected chi connectivity index (χ4v) is 2.14. The van der Waals surface area contributed by atoms with Crippen LogP contribution in [-0.2, 0) is 9.53 Å². The van der Waals surface area contributed by atoms with Crippen LogP contribution in [0.25, 0.3) is 0 Å². The first-order valence-electron chi connectivity index (χ1n) is 7.97. The first kappa shape index (κ1) is 18.3. The third-order valence-corrected chi connectivity index (χ3v) is 3.58. The van der Waals surface area contributed by atoms with Gasteiger partial charge in [0.25, 0.3) is 5.91 Å². The van der Waals surface area contributed by atoms with Crippen LogP contribution >= 0.6 is 0 Å². The fourth-order valence-electron chi connectivity index (χ4n) is 2.14. The highest BCUT2D eigenvalue weighted by molar-refractivity contribution is 5.97. The SMILES string of the molecule is COC(=O)C(NC(=O)c1ccc(N=Nc2ccccc2)cc1)C(C)C. The molecule has 0 aliphatic rings. The molecule has 1 amide bonds. The molecule has 2 aromatic carbocycles. The van der Waals surface area contributed by atoms with Crippen molar-refractivity contribution in [3.05, 3.63) is 60.2 Å². The number of azo groups is 1. The molecule has 2 rings (SSSR count). The van der Waals surface area contributed by atoms with E-state index in [1.165, 1.54) is 7.11 Å². The number of amides is 1. The van der Waals surface area contributed by atoms with Gasteiger partial charge in [-0.1, -0.05) is 32.0 Å². The molecule has 0 aliphatic carbocycles. The van der Waals surface area contributed by atoms with Crippen molar-refractivity contribution < 1.29 is 14.3 Å². The minimum absolute atomic E-state index is 0.0738. The lowest BCUT2D eigenvalue weighted by Crippen LogP contribution is -2.45. The van der Waals surface area contributed by atoms with Crippen LogP contribution in [0.5, 0.6) is 0 Å². The number of esters is 1. The average molecular weight is 339 g/mol. The summed E-state index contributed by atoms with van der Waals surface area (Å²) in [5, 5.41) is 10.9. The van der Waals surface area contributed by atoms with Gasteiger partial charge in [0.15, 0.2) is 0 Å². The van der Waals surface area contributed by atoms with Crippen molar-refractivity contribution in [2.45, 2.75) is 19.9 Å². The summed E-state index contributed by atoms with van der Waals surface area (Å²) in [4.78, 5) is 24.0. The molecule has 0 saturated carbocycles. The Balaban J connectivity index is 2.04. The highest BCUT2D eigenvalue weighted by Crippen LogP contribution is 2.18. The third-order valence-electron chi connectivity index (χ3n) is 3.58. The summed E-state index contributed by atoms with van der Waals surface area (Å²) < 4.78 is 4.72. The van der Waals surface area contributed by atoms with Crippen LogP contribution in [0.1, 0.15) is 24.2 Å². The molecule has 0 aromatic heterocycles. The van der Waals surface area contributed by atoms with E-state index in [0.717, 1.165) is 5.69 Å². The van der Waals surface area contributed by atoms with E-state index in [4.69, 9.17) is 4.74 Å². The van der Waals surface area contributed by atoms with Crippen molar-refractivity contribution in [3.63, 3.8) is 0 Å². The van der Waals surface area contributed by atoms with Crippen LogP contribution in [-0.4, -0.2) is 25.0 Å². The summed E-state index contributed by atoms with van der Waals surface area (Å²) in [6, 6.07) is 15.4. The van der Waals surface area contributed by atoms with Crippen molar-refractivity contribution in [2.75, 3.05) is 7.11 Å². The number of nitrogens with one attached hydrogen (secondary N) is 1. The van der Waals surface area contributed by atoms with E-state index in [1.54, 1.807) is 24.3 Å². The van der Waals surface area contributed by atoms with E-state index in [-0.39, 0.29) is 11.8 Å². The van der Waals surface area contributed by atoms with Gasteiger partial charge in [0.2, 0.25) is 0 Å². The van der Waals surface area contributed by atoms with Crippen LogP contribution in [0.2, 0.25) is 0 Å². The molecule has 0 aliphatic heterocycles. The van der Waals surface area contributed by atoms with Gasteiger partial charge in [0.05, 0.1) is 18.5 Å². The number of ether oxygens (including phenoxy) is 1. The largest absolute Gasteiger partial charge is 0.467 e. The molecule has 0 radical (unpaired) electrons. The number of nitrogens with zero attached hydrogens (tertiary/aromatic N) is 2. The van der Waals surface area contributed by atoms with E-state index in [9.17, 15) is 9.59 Å². The number of benzene rings is 2. The van der Waals surface area contributed by atoms with Gasteiger partial charge in [0.1, 0.15) is 6.04 Å². The molecule has 130 valence electrons. The Morgan fingerprint density at radius 3 is 2.00 bits per heavy atom. The lowest BCUT2D eigenvalue weighted by molar-refractivity contribution is -0.144. The highest BCUT2D eigenvalue weighted by Gasteiger charge is 2.25. The maximum absolute atomic E-state index is 12.3. The minimum atomic E-state index is -0.685. The summed E-state index contributed by atoms with van der Waals surface area (Å²) in [6.45, 7) is 3.68. The average Bonchev–Trinajstić information content (AvgIpc) is 2.64. The Labute approximate surface area is 146 Å². The lowest BCUT2D eigenvalue weighted by Gasteiger charge is -2.19. The zero-order chi connectivity index (χ0) is 18.2. The molecule has 0 saturated heterocycles. The Kier molecular flexibility index (Phi) is 6.39. The zero-order valence-corrected chi connectivity index (χ0v) is 14.5. The fraction of sp³-hybridized carbons (Fsp3) is 0.263. The molecule has 0 fully saturated rings. The Morgan fingerprint density at radius 2 is 1.48 bits per heavy atom. The molecule has 6 nitrogen and oxygen atoms in total. The molecule has 0 heterocycles. The van der Waals surface area contributed by atoms with E-state index in [2.05, 4.69) is 15.5 Å². The molecule has 0 spiro atoms. The van der Waals surface area contributed by atoms with Gasteiger partial charge in [-0.3, -0.25) is 4.79 Å². The predicted molar refractivity (Wildman–Crippen MR) is 95.2 cm³/mol. The van der Waals surface area contributed by atoms with Crippen LogP contribution in [0, 0.1) is 5.92 Å². The van der Waals surface area contributed by atoms with Gasteiger partial charge in [-0.05, 0) is 42.3 Å². The Morgan fingerprint density at radius 1 is 0.920 bits per heavy atom. The monoisotopic (exact) mass is 339 g/mol. The summed E-state index contributed by atoms with van der Waals surface area (Å²) in [7, 11) is 1.30. The molecular weight excluding hydrogens is 318 g/mol. The van der Waals surface area contributed by atoms with Crippen molar-refractivity contribution in [2.24, 2.45) is 16.1 Å². The highest BCUT2D eigenvalue weighted by atomic mass is 16.5. The van der Waals surface area contributed by atoms with E-state index >= 15 is 0 Å². The normalized spacial score (nSPS) is 12.2. The molecule has 25 heavy (non-hydrogen) atoms. The zero-order valence-electron chi connectivity index (χ0n) is 14.5. The van der Waals surface area contributed by atoms with E-state index in [0.29, 0.717) is 11.3 Å². The molecule has 6 heteroatoms. The molecule has 0 bridgehead atoms. The molecule has 2 aromatic rings. The third kappa shape index (κ3) is 5.24. The Hall–Kier alpha value is -3.02. The molecule has 1 atom stereocenters. The molecule has 1 N–H and O–H groups in total. The van der Waals surface area contributed by atoms with Crippen molar-refractivity contribution in [1.29, 1.82) is 0 Å². The second-order valence-electron chi connectivity index (χ2n) is 5.80. The first-order chi connectivity index (χ1) is 12.0. The van der Waals surface area contributed by atoms with Crippen molar-refractivity contribution in [1.82, 2.24) is 5.32 Å². The van der Waals surface area contributed by atoms with Crippen LogP contribution < -0.4 is 5.32 Å². The van der Waals surface area contributed by atoms with Gasteiger partial charge < -0.3 is 10.1 Å². The standard InChI is InChI=1S/C19H21N3O3/c1-13(2)17(19(24)25-3)20-18(23)14-9-11-16(12-10-14)22-21-15-7-5-4-6-8-15/h4-13,17H,1-3H3,(H,20,23). The summed E-state index contributed by atoms with van der Waals surface area (Å²) in [6.07, 6.45) is 0. The van der Waals surface area contributed by atoms with Crippen LogP contribution in [0.4, 0.5) is 11.4 Å². The summed E-state index contributed by atoms with van der Waals surface area (Å²) >= 11 is 0. The molecular formula is C19H21N3O3. The maximum Gasteiger partial charge on any atom is 0.328 e. The predicted octanol–water partition coefficient (Wildman–Crippen LogP) is 4.03. The number of hydrogen-bond donors (Lipinski definition) is 1. The number of methoxy groups -OCH3 is 1. The van der Waals surface area contributed by atoms with Gasteiger partial charge in [-0.2, -0.15) is 10.2 Å². The number of carbonyl (C=O) groups excluding carboxylic acids is 2. The number of rotatable bonds is 6. The van der Waals surface area contributed by atoms with E-state index in [1.807, 2.05) is 44.2 Å². The second-order valence-corrected chi connectivity index (χ2v) is 5.80. The lowest BCUT2D eigenvalue weighted by atomic mass is 10.0. The van der Waals surface area contributed by atoms with Crippen molar-refractivity contribution >= 4 is 23.3 Å². The van der Waals surface area contributed by atoms with Crippen LogP contribution in [0.15, 0.2) is 64.8 Å². The maximum atomic E-state index is 12.3. The number of hydrogen-bond acceptors (Lipinski definition) is 5. The van der Waals surface area contributed by atoms with Gasteiger partial charge in [-0.15, -0.1) is 0 Å². The first-order valence-corrected chi connectivity index (χ1v) is 7.97. The number of carbonyl (C=O) groups is 2. The molecule has 1 unspecified atom stereocenters. The smallest absolute Gasteiger partial charge is 0.328 e. The second kappa shape index (κ2) is 8.73. The quantitative estimate of drug-likeness (QED) is 0.637. The summed E-state index contributed by atoms with van der Waals surface area (Å²) in [5.74, 6) is -0.873. The Bertz CT molecular complexity index is 740. The van der Waals surface area contributed by atoms with Crippen molar-refractivity contribution in [3.8, 4) is 0 Å². The minimum Gasteiger partial charge on any atom is -0.467 e. The van der Waals surface area contributed by atoms with E-state index < -0.39 is 12.0 Å². The topological polar surface area (TPSA) is 80.1 Å². The van der Waals surface area contributed by atoms with Gasteiger partial charge in [0, 0.05) is 5.56 Å². The van der Waals surface area contributed by atoms with Gasteiger partial charge in [-0.25, -0.2) is 4.79 Å². The van der Waals surface area contributed by atoms with Gasteiger partial charge >= 0.3 is 5.97 Å².